The first-order valence-electron chi connectivity index (χ1n) is 8.97. The van der Waals surface area contributed by atoms with Gasteiger partial charge in [0, 0.05) is 25.7 Å². The number of rotatable bonds is 4. The van der Waals surface area contributed by atoms with Gasteiger partial charge in [-0.25, -0.2) is 8.42 Å². The highest BCUT2D eigenvalue weighted by Crippen LogP contribution is 2.32. The van der Waals surface area contributed by atoms with Gasteiger partial charge in [0.1, 0.15) is 10.0 Å². The van der Waals surface area contributed by atoms with E-state index in [9.17, 15) is 13.2 Å². The minimum absolute atomic E-state index is 0.142. The number of thiophene rings is 1. The van der Waals surface area contributed by atoms with Crippen LogP contribution in [0.4, 0.5) is 5.82 Å². The van der Waals surface area contributed by atoms with E-state index in [1.807, 2.05) is 7.05 Å². The summed E-state index contributed by atoms with van der Waals surface area (Å²) in [5.74, 6) is 0.227. The molecule has 0 radical (unpaired) electrons. The van der Waals surface area contributed by atoms with Crippen LogP contribution in [0.5, 0.6) is 0 Å². The molecule has 2 aromatic rings. The molecule has 0 bridgehead atoms. The van der Waals surface area contributed by atoms with Gasteiger partial charge in [-0.2, -0.15) is 9.40 Å². The first-order valence-corrected chi connectivity index (χ1v) is 11.6. The van der Waals surface area contributed by atoms with E-state index in [2.05, 4.69) is 10.4 Å². The second kappa shape index (κ2) is 7.20. The van der Waals surface area contributed by atoms with E-state index in [4.69, 9.17) is 11.6 Å². The molecule has 2 aliphatic rings. The number of nitrogens with zero attached hydrogens (tertiary/aromatic N) is 3. The molecule has 1 aliphatic carbocycles. The number of anilines is 1. The predicted molar refractivity (Wildman–Crippen MR) is 105 cm³/mol. The van der Waals surface area contributed by atoms with E-state index in [1.165, 1.54) is 10.4 Å². The van der Waals surface area contributed by atoms with Crippen molar-refractivity contribution < 1.29 is 13.2 Å². The lowest BCUT2D eigenvalue weighted by atomic mass is 9.99. The molecule has 0 unspecified atom stereocenters. The highest BCUT2D eigenvalue weighted by molar-refractivity contribution is 7.91. The van der Waals surface area contributed by atoms with Crippen molar-refractivity contribution in [3.05, 3.63) is 27.7 Å². The van der Waals surface area contributed by atoms with Gasteiger partial charge in [-0.1, -0.05) is 11.6 Å². The topological polar surface area (TPSA) is 84.3 Å². The van der Waals surface area contributed by atoms with Crippen LogP contribution in [0, 0.1) is 5.92 Å². The van der Waals surface area contributed by atoms with E-state index in [0.29, 0.717) is 23.7 Å². The second-order valence-corrected chi connectivity index (χ2v) is 10.9. The van der Waals surface area contributed by atoms with E-state index in [1.54, 1.807) is 10.7 Å². The molecular weight excluding hydrogens is 408 g/mol. The van der Waals surface area contributed by atoms with Gasteiger partial charge in [-0.3, -0.25) is 9.48 Å². The van der Waals surface area contributed by atoms with Crippen LogP contribution in [0.1, 0.15) is 30.5 Å². The average Bonchev–Trinajstić information content (AvgIpc) is 3.34. The minimum atomic E-state index is -3.62. The summed E-state index contributed by atoms with van der Waals surface area (Å²) in [7, 11) is -1.79. The number of hydrogen-bond donors (Lipinski definition) is 1. The summed E-state index contributed by atoms with van der Waals surface area (Å²) in [5.41, 5.74) is 2.16. The fourth-order valence-electron chi connectivity index (χ4n) is 3.83. The van der Waals surface area contributed by atoms with Crippen LogP contribution < -0.4 is 5.32 Å². The van der Waals surface area contributed by atoms with Crippen molar-refractivity contribution in [1.29, 1.82) is 0 Å². The number of halogens is 1. The van der Waals surface area contributed by atoms with Crippen LogP contribution in [0.3, 0.4) is 0 Å². The highest BCUT2D eigenvalue weighted by Gasteiger charge is 2.35. The van der Waals surface area contributed by atoms with E-state index in [-0.39, 0.29) is 22.6 Å². The Morgan fingerprint density at radius 1 is 1.33 bits per heavy atom. The van der Waals surface area contributed by atoms with Crippen LogP contribution in [-0.4, -0.2) is 41.5 Å². The summed E-state index contributed by atoms with van der Waals surface area (Å²) < 4.78 is 29.4. The number of hydrogen-bond acceptors (Lipinski definition) is 5. The maximum atomic E-state index is 12.8. The lowest BCUT2D eigenvalue weighted by Crippen LogP contribution is -2.43. The van der Waals surface area contributed by atoms with Gasteiger partial charge >= 0.3 is 0 Å². The molecule has 1 N–H and O–H groups in total. The first kappa shape index (κ1) is 18.9. The Bertz CT molecular complexity index is 982. The maximum absolute atomic E-state index is 12.8. The quantitative estimate of drug-likeness (QED) is 0.811. The van der Waals surface area contributed by atoms with Crippen LogP contribution in [0.2, 0.25) is 4.34 Å². The van der Waals surface area contributed by atoms with Gasteiger partial charge in [-0.15, -0.1) is 11.3 Å². The highest BCUT2D eigenvalue weighted by atomic mass is 35.5. The van der Waals surface area contributed by atoms with Crippen molar-refractivity contribution in [3.8, 4) is 0 Å². The number of piperidine rings is 1. The van der Waals surface area contributed by atoms with Crippen molar-refractivity contribution in [2.75, 3.05) is 18.4 Å². The Balaban J connectivity index is 1.49. The Labute approximate surface area is 167 Å². The monoisotopic (exact) mass is 428 g/mol. The van der Waals surface area contributed by atoms with Gasteiger partial charge in [0.05, 0.1) is 15.9 Å². The summed E-state index contributed by atoms with van der Waals surface area (Å²) in [4.78, 5) is 12.8. The van der Waals surface area contributed by atoms with Crippen LogP contribution in [0.25, 0.3) is 0 Å². The molecule has 4 rings (SSSR count). The van der Waals surface area contributed by atoms with Crippen LogP contribution in [-0.2, 0) is 34.7 Å². The SMILES string of the molecule is Cn1nc2c(c1NC(=O)[C@@H]1CCCN(S(=O)(=O)c3ccc(Cl)s3)C1)CCC2. The molecule has 1 amide bonds. The Kier molecular flexibility index (Phi) is 5.04. The van der Waals surface area contributed by atoms with Crippen LogP contribution >= 0.6 is 22.9 Å². The summed E-state index contributed by atoms with van der Waals surface area (Å²) >= 11 is 6.93. The van der Waals surface area contributed by atoms with E-state index >= 15 is 0 Å². The number of carbonyl (C=O) groups is 1. The average molecular weight is 429 g/mol. The van der Waals surface area contributed by atoms with Crippen molar-refractivity contribution in [1.82, 2.24) is 14.1 Å². The predicted octanol–water partition coefficient (Wildman–Crippen LogP) is 2.66. The zero-order valence-corrected chi connectivity index (χ0v) is 17.3. The molecule has 1 fully saturated rings. The zero-order chi connectivity index (χ0) is 19.2. The van der Waals surface area contributed by atoms with E-state index < -0.39 is 10.0 Å². The maximum Gasteiger partial charge on any atom is 0.252 e. The summed E-state index contributed by atoms with van der Waals surface area (Å²) in [6.45, 7) is 0.604. The first-order chi connectivity index (χ1) is 12.9. The molecular formula is C17H21ClN4O3S2. The second-order valence-electron chi connectivity index (χ2n) is 7.00. The van der Waals surface area contributed by atoms with Gasteiger partial charge in [-0.05, 0) is 44.2 Å². The zero-order valence-electron chi connectivity index (χ0n) is 14.9. The third-order valence-corrected chi connectivity index (χ3v) is 8.77. The Morgan fingerprint density at radius 3 is 2.89 bits per heavy atom. The molecule has 27 heavy (non-hydrogen) atoms. The number of carbonyl (C=O) groups excluding carboxylic acids is 1. The molecule has 146 valence electrons. The molecule has 3 heterocycles. The van der Waals surface area contributed by atoms with Gasteiger partial charge in [0.2, 0.25) is 5.91 Å². The number of aryl methyl sites for hydroxylation is 2. The van der Waals surface area contributed by atoms with Gasteiger partial charge < -0.3 is 5.32 Å². The molecule has 2 aromatic heterocycles. The molecule has 1 atom stereocenters. The normalized spacial score (nSPS) is 20.6. The van der Waals surface area contributed by atoms with Gasteiger partial charge in [0.25, 0.3) is 10.0 Å². The molecule has 0 spiro atoms. The lowest BCUT2D eigenvalue weighted by molar-refractivity contribution is -0.120. The molecule has 1 aliphatic heterocycles. The van der Waals surface area contributed by atoms with Gasteiger partial charge in [0.15, 0.2) is 0 Å². The Morgan fingerprint density at radius 2 is 2.15 bits per heavy atom. The van der Waals surface area contributed by atoms with Crippen molar-refractivity contribution in [2.45, 2.75) is 36.3 Å². The molecule has 0 saturated carbocycles. The Hall–Kier alpha value is -1.42. The minimum Gasteiger partial charge on any atom is -0.310 e. The van der Waals surface area contributed by atoms with Crippen molar-refractivity contribution >= 4 is 44.7 Å². The van der Waals surface area contributed by atoms with Crippen molar-refractivity contribution in [3.63, 3.8) is 0 Å². The summed E-state index contributed by atoms with van der Waals surface area (Å²) in [6.07, 6.45) is 4.24. The molecule has 10 heteroatoms. The molecule has 7 nitrogen and oxygen atoms in total. The number of nitrogens with one attached hydrogen (secondary N) is 1. The van der Waals surface area contributed by atoms with E-state index in [0.717, 1.165) is 47.7 Å². The third-order valence-electron chi connectivity index (χ3n) is 5.21. The largest absolute Gasteiger partial charge is 0.310 e. The fourth-order valence-corrected chi connectivity index (χ4v) is 6.99. The lowest BCUT2D eigenvalue weighted by Gasteiger charge is -2.30. The smallest absolute Gasteiger partial charge is 0.252 e. The van der Waals surface area contributed by atoms with Crippen LogP contribution in [0.15, 0.2) is 16.3 Å². The van der Waals surface area contributed by atoms with Crippen molar-refractivity contribution in [2.24, 2.45) is 13.0 Å². The number of amides is 1. The third kappa shape index (κ3) is 3.53. The standard InChI is InChI=1S/C17H21ClN4O3S2/c1-21-16(12-5-2-6-13(12)20-21)19-17(23)11-4-3-9-22(10-11)27(24,25)15-8-7-14(18)26-15/h7-8,11H,2-6,9-10H2,1H3,(H,19,23)/t11-/m1/s1. The summed E-state index contributed by atoms with van der Waals surface area (Å²) in [5, 5.41) is 7.47. The number of sulfonamides is 1. The molecule has 1 saturated heterocycles. The number of fused-ring (bicyclic) bond motifs is 1. The summed E-state index contributed by atoms with van der Waals surface area (Å²) in [6, 6.07) is 3.10. The fraction of sp³-hybridized carbons (Fsp3) is 0.529. The molecule has 0 aromatic carbocycles. The number of aromatic nitrogens is 2.